The summed E-state index contributed by atoms with van der Waals surface area (Å²) in [6.07, 6.45) is -0.00998. The second-order valence-electron chi connectivity index (χ2n) is 6.94. The molecule has 4 rings (SSSR count). The maximum Gasteiger partial charge on any atom is 0.276 e. The molecule has 0 bridgehead atoms. The lowest BCUT2D eigenvalue weighted by Gasteiger charge is -2.16. The Morgan fingerprint density at radius 3 is 2.55 bits per heavy atom. The molecule has 1 N–H and O–H groups in total. The van der Waals surface area contributed by atoms with Crippen LogP contribution in [-0.2, 0) is 4.74 Å². The largest absolute Gasteiger partial charge is 0.497 e. The fourth-order valence-corrected chi connectivity index (χ4v) is 3.81. The predicted octanol–water partition coefficient (Wildman–Crippen LogP) is 3.59. The van der Waals surface area contributed by atoms with Crippen LogP contribution in [0.2, 0.25) is 0 Å². The number of rotatable bonds is 7. The smallest absolute Gasteiger partial charge is 0.276 e. The van der Waals surface area contributed by atoms with E-state index in [2.05, 4.69) is 44.7 Å². The van der Waals surface area contributed by atoms with E-state index in [1.54, 1.807) is 7.11 Å². The zero-order chi connectivity index (χ0) is 20.2. The normalized spacial score (nSPS) is 18.7. The van der Waals surface area contributed by atoms with Crippen molar-refractivity contribution < 1.29 is 13.9 Å². The molecule has 0 amide bonds. The summed E-state index contributed by atoms with van der Waals surface area (Å²) in [4.78, 5) is 2.08. The van der Waals surface area contributed by atoms with Crippen molar-refractivity contribution >= 4 is 17.4 Å². The summed E-state index contributed by atoms with van der Waals surface area (Å²) in [5.74, 6) is 2.03. The van der Waals surface area contributed by atoms with E-state index in [1.807, 2.05) is 38.4 Å². The van der Waals surface area contributed by atoms with Gasteiger partial charge in [-0.1, -0.05) is 23.9 Å². The molecule has 2 heterocycles. The number of benzene rings is 2. The monoisotopic (exact) mass is 412 g/mol. The van der Waals surface area contributed by atoms with Gasteiger partial charge in [0.05, 0.1) is 13.2 Å². The van der Waals surface area contributed by atoms with Gasteiger partial charge in [0.2, 0.25) is 5.89 Å². The quantitative estimate of drug-likeness (QED) is 0.590. The lowest BCUT2D eigenvalue weighted by atomic mass is 10.2. The topological polar surface area (TPSA) is 72.7 Å². The van der Waals surface area contributed by atoms with E-state index >= 15 is 0 Å². The highest BCUT2D eigenvalue weighted by Gasteiger charge is 2.26. The standard InChI is InChI=1S/C21H24N4O3S/c1-25(2)16-8-4-14(5-9-16)19-22-12-18(27-19)13-29-21-24-23-20(28-21)15-6-10-17(26-3)11-7-15/h4-11,18-19,22H,12-13H2,1-3H3/t18-,19+/m1/s1. The highest BCUT2D eigenvalue weighted by Crippen LogP contribution is 2.28. The average Bonchev–Trinajstić information content (AvgIpc) is 3.42. The minimum absolute atomic E-state index is 0.0786. The third-order valence-corrected chi connectivity index (χ3v) is 5.66. The minimum Gasteiger partial charge on any atom is -0.497 e. The van der Waals surface area contributed by atoms with Crippen molar-refractivity contribution in [1.29, 1.82) is 0 Å². The molecule has 29 heavy (non-hydrogen) atoms. The van der Waals surface area contributed by atoms with E-state index in [1.165, 1.54) is 17.4 Å². The van der Waals surface area contributed by atoms with E-state index < -0.39 is 0 Å². The summed E-state index contributed by atoms with van der Waals surface area (Å²) in [6, 6.07) is 15.9. The molecule has 0 radical (unpaired) electrons. The number of methoxy groups -OCH3 is 1. The molecule has 0 aliphatic carbocycles. The number of nitrogens with one attached hydrogen (secondary N) is 1. The molecule has 1 aliphatic heterocycles. The van der Waals surface area contributed by atoms with Crippen molar-refractivity contribution in [2.45, 2.75) is 17.6 Å². The summed E-state index contributed by atoms with van der Waals surface area (Å²) in [6.45, 7) is 0.784. The van der Waals surface area contributed by atoms with Crippen LogP contribution in [0.15, 0.2) is 58.2 Å². The minimum atomic E-state index is -0.0886. The highest BCUT2D eigenvalue weighted by atomic mass is 32.2. The summed E-state index contributed by atoms with van der Waals surface area (Å²) < 4.78 is 17.1. The third kappa shape index (κ3) is 4.72. The van der Waals surface area contributed by atoms with Crippen LogP contribution in [0.5, 0.6) is 5.75 Å². The molecular formula is C21H24N4O3S. The summed E-state index contributed by atoms with van der Waals surface area (Å²) in [5.41, 5.74) is 3.16. The Balaban J connectivity index is 1.30. The SMILES string of the molecule is COc1ccc(-c2nnc(SC[C@H]3CN[C@H](c4ccc(N(C)C)cc4)O3)o2)cc1. The lowest BCUT2D eigenvalue weighted by Crippen LogP contribution is -2.16. The molecule has 1 aliphatic rings. The van der Waals surface area contributed by atoms with Crippen molar-refractivity contribution in [2.24, 2.45) is 0 Å². The van der Waals surface area contributed by atoms with Crippen LogP contribution < -0.4 is 15.0 Å². The Hall–Kier alpha value is -2.55. The Morgan fingerprint density at radius 1 is 1.10 bits per heavy atom. The Kier molecular flexibility index (Phi) is 6.03. The fraction of sp³-hybridized carbons (Fsp3) is 0.333. The molecule has 2 aromatic carbocycles. The maximum atomic E-state index is 6.14. The third-order valence-electron chi connectivity index (χ3n) is 4.71. The van der Waals surface area contributed by atoms with Gasteiger partial charge in [-0.2, -0.15) is 0 Å². The van der Waals surface area contributed by atoms with Gasteiger partial charge in [0.1, 0.15) is 12.0 Å². The average molecular weight is 413 g/mol. The van der Waals surface area contributed by atoms with Gasteiger partial charge < -0.3 is 18.8 Å². The van der Waals surface area contributed by atoms with E-state index in [-0.39, 0.29) is 12.3 Å². The molecule has 0 unspecified atom stereocenters. The molecular weight excluding hydrogens is 388 g/mol. The first-order chi connectivity index (χ1) is 14.1. The first-order valence-corrected chi connectivity index (χ1v) is 10.4. The van der Waals surface area contributed by atoms with Crippen molar-refractivity contribution in [2.75, 3.05) is 38.4 Å². The van der Waals surface area contributed by atoms with Crippen LogP contribution in [0.4, 0.5) is 5.69 Å². The molecule has 1 saturated heterocycles. The van der Waals surface area contributed by atoms with Crippen molar-refractivity contribution in [3.63, 3.8) is 0 Å². The van der Waals surface area contributed by atoms with Gasteiger partial charge in [0, 0.05) is 37.6 Å². The number of ether oxygens (including phenoxy) is 2. The first kappa shape index (κ1) is 19.8. The second-order valence-corrected chi connectivity index (χ2v) is 7.92. The van der Waals surface area contributed by atoms with Crippen molar-refractivity contribution in [3.8, 4) is 17.2 Å². The van der Waals surface area contributed by atoms with Gasteiger partial charge in [-0.15, -0.1) is 10.2 Å². The highest BCUT2D eigenvalue weighted by molar-refractivity contribution is 7.99. The molecule has 0 saturated carbocycles. The summed E-state index contributed by atoms with van der Waals surface area (Å²) in [5, 5.41) is 12.2. The van der Waals surface area contributed by atoms with E-state index in [0.29, 0.717) is 11.1 Å². The number of thioether (sulfide) groups is 1. The van der Waals surface area contributed by atoms with Crippen LogP contribution >= 0.6 is 11.8 Å². The first-order valence-electron chi connectivity index (χ1n) is 9.39. The van der Waals surface area contributed by atoms with Gasteiger partial charge in [0.25, 0.3) is 5.22 Å². The van der Waals surface area contributed by atoms with Gasteiger partial charge in [0.15, 0.2) is 0 Å². The molecule has 8 heteroatoms. The maximum absolute atomic E-state index is 6.14. The number of hydrogen-bond acceptors (Lipinski definition) is 8. The Labute approximate surface area is 174 Å². The van der Waals surface area contributed by atoms with E-state index in [4.69, 9.17) is 13.9 Å². The number of anilines is 1. The number of hydrogen-bond donors (Lipinski definition) is 1. The summed E-state index contributed by atoms with van der Waals surface area (Å²) >= 11 is 1.51. The second kappa shape index (κ2) is 8.86. The zero-order valence-corrected chi connectivity index (χ0v) is 17.5. The van der Waals surface area contributed by atoms with Gasteiger partial charge in [-0.25, -0.2) is 0 Å². The molecule has 7 nitrogen and oxygen atoms in total. The predicted molar refractivity (Wildman–Crippen MR) is 113 cm³/mol. The van der Waals surface area contributed by atoms with Crippen molar-refractivity contribution in [1.82, 2.24) is 15.5 Å². The molecule has 1 fully saturated rings. The lowest BCUT2D eigenvalue weighted by molar-refractivity contribution is 0.0534. The Morgan fingerprint density at radius 2 is 1.86 bits per heavy atom. The van der Waals surface area contributed by atoms with Crippen LogP contribution in [0, 0.1) is 0 Å². The fourth-order valence-electron chi connectivity index (χ4n) is 3.05. The van der Waals surface area contributed by atoms with Crippen LogP contribution in [-0.4, -0.2) is 49.8 Å². The van der Waals surface area contributed by atoms with Crippen LogP contribution in [0.3, 0.4) is 0 Å². The van der Waals surface area contributed by atoms with E-state index in [0.717, 1.165) is 29.2 Å². The molecule has 2 atom stereocenters. The van der Waals surface area contributed by atoms with Gasteiger partial charge in [-0.3, -0.25) is 5.32 Å². The molecule has 152 valence electrons. The summed E-state index contributed by atoms with van der Waals surface area (Å²) in [7, 11) is 5.70. The number of aromatic nitrogens is 2. The van der Waals surface area contributed by atoms with Crippen molar-refractivity contribution in [3.05, 3.63) is 54.1 Å². The van der Waals surface area contributed by atoms with Gasteiger partial charge in [-0.05, 0) is 42.0 Å². The van der Waals surface area contributed by atoms with Gasteiger partial charge >= 0.3 is 0 Å². The number of nitrogens with zero attached hydrogens (tertiary/aromatic N) is 3. The Bertz CT molecular complexity index is 928. The van der Waals surface area contributed by atoms with E-state index in [9.17, 15) is 0 Å². The zero-order valence-electron chi connectivity index (χ0n) is 16.7. The van der Waals surface area contributed by atoms with Crippen LogP contribution in [0.1, 0.15) is 11.8 Å². The molecule has 1 aromatic heterocycles. The molecule has 3 aromatic rings. The molecule has 0 spiro atoms. The van der Waals surface area contributed by atoms with Crippen LogP contribution in [0.25, 0.3) is 11.5 Å².